The van der Waals surface area contributed by atoms with Gasteiger partial charge >= 0.3 is 5.97 Å². The van der Waals surface area contributed by atoms with Crippen molar-refractivity contribution >= 4 is 35.1 Å². The summed E-state index contributed by atoms with van der Waals surface area (Å²) in [6.07, 6.45) is 0.0457. The third kappa shape index (κ3) is 7.86. The summed E-state index contributed by atoms with van der Waals surface area (Å²) >= 11 is 6.04. The monoisotopic (exact) mass is 398 g/mol. The molecule has 0 aliphatic heterocycles. The molecule has 2 amide bonds. The van der Waals surface area contributed by atoms with Crippen molar-refractivity contribution in [1.29, 1.82) is 0 Å². The highest BCUT2D eigenvalue weighted by Crippen LogP contribution is 2.31. The third-order valence-corrected chi connectivity index (χ3v) is 4.20. The van der Waals surface area contributed by atoms with Crippen LogP contribution in [0.5, 0.6) is 5.75 Å². The topological polar surface area (TPSA) is 93.7 Å². The minimum Gasteiger partial charge on any atom is -0.495 e. The second-order valence-electron chi connectivity index (χ2n) is 6.63. The lowest BCUT2D eigenvalue weighted by Gasteiger charge is -2.16. The van der Waals surface area contributed by atoms with Gasteiger partial charge in [-0.15, -0.1) is 0 Å². The molecule has 0 aromatic heterocycles. The van der Waals surface area contributed by atoms with Gasteiger partial charge in [0.05, 0.1) is 12.8 Å². The first-order chi connectivity index (χ1) is 12.6. The molecule has 0 aliphatic carbocycles. The fourth-order valence-corrected chi connectivity index (χ4v) is 2.29. The van der Waals surface area contributed by atoms with Gasteiger partial charge in [-0.05, 0) is 37.8 Å². The van der Waals surface area contributed by atoms with Gasteiger partial charge in [-0.2, -0.15) is 0 Å². The lowest BCUT2D eigenvalue weighted by atomic mass is 10.1. The molecule has 1 atom stereocenters. The molecule has 8 heteroatoms. The predicted octanol–water partition coefficient (Wildman–Crippen LogP) is 3.08. The van der Waals surface area contributed by atoms with Crippen LogP contribution in [0.25, 0.3) is 0 Å². The second kappa shape index (κ2) is 10.8. The first-order valence-corrected chi connectivity index (χ1v) is 9.13. The molecule has 0 heterocycles. The highest BCUT2D eigenvalue weighted by atomic mass is 35.5. The molecule has 1 rings (SSSR count). The number of carbonyl (C=O) groups excluding carboxylic acids is 3. The molecular formula is C19H27ClN2O5. The van der Waals surface area contributed by atoms with E-state index < -0.39 is 18.0 Å². The summed E-state index contributed by atoms with van der Waals surface area (Å²) in [5.74, 6) is -0.627. The minimum absolute atomic E-state index is 0.223. The molecular weight excluding hydrogens is 372 g/mol. The van der Waals surface area contributed by atoms with Gasteiger partial charge in [0.1, 0.15) is 12.3 Å². The fraction of sp³-hybridized carbons (Fsp3) is 0.526. The van der Waals surface area contributed by atoms with E-state index in [-0.39, 0.29) is 12.5 Å². The number of ether oxygens (including phenoxy) is 2. The summed E-state index contributed by atoms with van der Waals surface area (Å²) in [7, 11) is 1.46. The van der Waals surface area contributed by atoms with Crippen LogP contribution in [0, 0.1) is 12.8 Å². The van der Waals surface area contributed by atoms with Gasteiger partial charge < -0.3 is 20.1 Å². The molecule has 0 saturated carbocycles. The van der Waals surface area contributed by atoms with Gasteiger partial charge in [-0.1, -0.05) is 25.4 Å². The van der Waals surface area contributed by atoms with Crippen molar-refractivity contribution < 1.29 is 23.9 Å². The molecule has 0 aliphatic rings. The van der Waals surface area contributed by atoms with E-state index in [0.29, 0.717) is 28.8 Å². The summed E-state index contributed by atoms with van der Waals surface area (Å²) in [4.78, 5) is 35.7. The Bertz CT molecular complexity index is 691. The van der Waals surface area contributed by atoms with Gasteiger partial charge in [-0.25, -0.2) is 0 Å². The lowest BCUT2D eigenvalue weighted by Crippen LogP contribution is -2.35. The molecule has 1 aromatic carbocycles. The summed E-state index contributed by atoms with van der Waals surface area (Å²) < 4.78 is 10.2. The van der Waals surface area contributed by atoms with Crippen molar-refractivity contribution in [1.82, 2.24) is 5.32 Å². The van der Waals surface area contributed by atoms with Crippen LogP contribution in [0.15, 0.2) is 12.1 Å². The molecule has 1 aromatic rings. The van der Waals surface area contributed by atoms with E-state index in [1.54, 1.807) is 19.1 Å². The first-order valence-electron chi connectivity index (χ1n) is 8.75. The maximum atomic E-state index is 12.3. The van der Waals surface area contributed by atoms with Gasteiger partial charge in [0.2, 0.25) is 5.91 Å². The van der Waals surface area contributed by atoms with Crippen molar-refractivity contribution in [2.75, 3.05) is 19.0 Å². The number of hydrogen-bond acceptors (Lipinski definition) is 5. The maximum Gasteiger partial charge on any atom is 0.326 e. The zero-order valence-corrected chi connectivity index (χ0v) is 17.1. The molecule has 2 N–H and O–H groups in total. The Morgan fingerprint density at radius 1 is 1.19 bits per heavy atom. The molecule has 0 spiro atoms. The summed E-state index contributed by atoms with van der Waals surface area (Å²) in [5, 5.41) is 5.64. The Morgan fingerprint density at radius 3 is 2.44 bits per heavy atom. The van der Waals surface area contributed by atoms with Crippen LogP contribution in [0.2, 0.25) is 5.02 Å². The maximum absolute atomic E-state index is 12.3. The Morgan fingerprint density at radius 2 is 1.85 bits per heavy atom. The number of nitrogens with one attached hydrogen (secondary N) is 2. The fourth-order valence-electron chi connectivity index (χ4n) is 2.14. The van der Waals surface area contributed by atoms with Crippen LogP contribution >= 0.6 is 11.6 Å². The van der Waals surface area contributed by atoms with Crippen LogP contribution in [0.3, 0.4) is 0 Å². The van der Waals surface area contributed by atoms with E-state index in [0.717, 1.165) is 12.0 Å². The van der Waals surface area contributed by atoms with E-state index in [9.17, 15) is 14.4 Å². The minimum atomic E-state index is -1.04. The highest BCUT2D eigenvalue weighted by Gasteiger charge is 2.20. The van der Waals surface area contributed by atoms with Crippen LogP contribution < -0.4 is 15.4 Å². The molecule has 0 bridgehead atoms. The third-order valence-electron chi connectivity index (χ3n) is 3.79. The second-order valence-corrected chi connectivity index (χ2v) is 7.04. The SMILES string of the molecule is COc1cc(Cl)c(C)cc1NC(=O)C(C)OC(=O)CNC(=O)CCC(C)C. The molecule has 1 unspecified atom stereocenters. The summed E-state index contributed by atoms with van der Waals surface area (Å²) in [6.45, 7) is 6.99. The Labute approximate surface area is 164 Å². The number of amides is 2. The number of anilines is 1. The zero-order chi connectivity index (χ0) is 20.6. The van der Waals surface area contributed by atoms with Crippen LogP contribution in [-0.4, -0.2) is 37.5 Å². The lowest BCUT2D eigenvalue weighted by molar-refractivity contribution is -0.152. The summed E-state index contributed by atoms with van der Waals surface area (Å²) in [6, 6.07) is 3.26. The molecule has 150 valence electrons. The van der Waals surface area contributed by atoms with E-state index in [1.165, 1.54) is 14.0 Å². The molecule has 27 heavy (non-hydrogen) atoms. The molecule has 7 nitrogen and oxygen atoms in total. The van der Waals surface area contributed by atoms with Crippen LogP contribution in [0.1, 0.15) is 39.2 Å². The standard InChI is InChI=1S/C19H27ClN2O5/c1-11(2)6-7-17(23)21-10-18(24)27-13(4)19(25)22-15-8-12(3)14(20)9-16(15)26-5/h8-9,11,13H,6-7,10H2,1-5H3,(H,21,23)(H,22,25). The van der Waals surface area contributed by atoms with Crippen molar-refractivity contribution in [3.63, 3.8) is 0 Å². The smallest absolute Gasteiger partial charge is 0.326 e. The zero-order valence-electron chi connectivity index (χ0n) is 16.3. The van der Waals surface area contributed by atoms with E-state index in [4.69, 9.17) is 21.1 Å². The van der Waals surface area contributed by atoms with Crippen LogP contribution in [-0.2, 0) is 19.1 Å². The Balaban J connectivity index is 2.54. The van der Waals surface area contributed by atoms with Crippen molar-refractivity contribution in [3.8, 4) is 5.75 Å². The van der Waals surface area contributed by atoms with E-state index in [2.05, 4.69) is 10.6 Å². The number of hydrogen-bond donors (Lipinski definition) is 2. The number of rotatable bonds is 9. The number of aryl methyl sites for hydroxylation is 1. The normalized spacial score (nSPS) is 11.7. The van der Waals surface area contributed by atoms with Crippen molar-refractivity contribution in [2.24, 2.45) is 5.92 Å². The van der Waals surface area contributed by atoms with Gasteiger partial charge in [0.15, 0.2) is 6.10 Å². The largest absolute Gasteiger partial charge is 0.495 e. The number of benzene rings is 1. The number of methoxy groups -OCH3 is 1. The van der Waals surface area contributed by atoms with Crippen molar-refractivity contribution in [2.45, 2.75) is 46.6 Å². The highest BCUT2D eigenvalue weighted by molar-refractivity contribution is 6.31. The predicted molar refractivity (Wildman–Crippen MR) is 104 cm³/mol. The number of halogens is 1. The number of carbonyl (C=O) groups is 3. The van der Waals surface area contributed by atoms with Gasteiger partial charge in [0.25, 0.3) is 5.91 Å². The van der Waals surface area contributed by atoms with Crippen LogP contribution in [0.4, 0.5) is 5.69 Å². The number of esters is 1. The van der Waals surface area contributed by atoms with Gasteiger partial charge in [-0.3, -0.25) is 14.4 Å². The molecule has 0 saturated heterocycles. The average Bonchev–Trinajstić information content (AvgIpc) is 2.60. The average molecular weight is 399 g/mol. The Hall–Kier alpha value is -2.28. The molecule has 0 radical (unpaired) electrons. The molecule has 0 fully saturated rings. The van der Waals surface area contributed by atoms with Gasteiger partial charge in [0, 0.05) is 17.5 Å². The quantitative estimate of drug-likeness (QED) is 0.623. The van der Waals surface area contributed by atoms with E-state index >= 15 is 0 Å². The Kier molecular flexibility index (Phi) is 9.08. The summed E-state index contributed by atoms with van der Waals surface area (Å²) in [5.41, 5.74) is 1.19. The van der Waals surface area contributed by atoms with E-state index in [1.807, 2.05) is 13.8 Å². The first kappa shape index (κ1) is 22.8. The van der Waals surface area contributed by atoms with Crippen molar-refractivity contribution in [3.05, 3.63) is 22.7 Å².